The molecule has 0 atom stereocenters. The van der Waals surface area contributed by atoms with Gasteiger partial charge in [-0.25, -0.2) is 4.79 Å². The number of rotatable bonds is 3. The van der Waals surface area contributed by atoms with E-state index in [-0.39, 0.29) is 5.97 Å². The maximum atomic E-state index is 11.8. The van der Waals surface area contributed by atoms with Crippen LogP contribution >= 0.6 is 11.6 Å². The Labute approximate surface area is 141 Å². The summed E-state index contributed by atoms with van der Waals surface area (Å²) >= 11 is 6.17. The second-order valence-corrected chi connectivity index (χ2v) is 5.76. The number of benzene rings is 2. The van der Waals surface area contributed by atoms with Crippen molar-refractivity contribution < 1.29 is 9.53 Å². The van der Waals surface area contributed by atoms with Crippen LogP contribution in [0.3, 0.4) is 0 Å². The largest absolute Gasteiger partial charge is 0.463 e. The lowest BCUT2D eigenvalue weighted by atomic mass is 9.95. The summed E-state index contributed by atoms with van der Waals surface area (Å²) in [5, 5.41) is 0.661. The Balaban J connectivity index is 2.03. The highest BCUT2D eigenvalue weighted by Gasteiger charge is 2.22. The van der Waals surface area contributed by atoms with Gasteiger partial charge in [0.1, 0.15) is 0 Å². The van der Waals surface area contributed by atoms with Gasteiger partial charge in [0.2, 0.25) is 0 Å². The van der Waals surface area contributed by atoms with Crippen molar-refractivity contribution in [2.24, 2.45) is 0 Å². The highest BCUT2D eigenvalue weighted by Crippen LogP contribution is 2.40. The number of hydrogen-bond donors (Lipinski definition) is 0. The second-order valence-electron chi connectivity index (χ2n) is 5.32. The van der Waals surface area contributed by atoms with Crippen molar-refractivity contribution in [1.29, 1.82) is 0 Å². The first-order valence-electron chi connectivity index (χ1n) is 7.69. The van der Waals surface area contributed by atoms with E-state index in [9.17, 15) is 4.79 Å². The van der Waals surface area contributed by atoms with E-state index in [1.165, 1.54) is 0 Å². The maximum Gasteiger partial charge on any atom is 0.331 e. The smallest absolute Gasteiger partial charge is 0.331 e. The van der Waals surface area contributed by atoms with Gasteiger partial charge in [0.25, 0.3) is 0 Å². The topological polar surface area (TPSA) is 29.5 Å². The van der Waals surface area contributed by atoms with Crippen LogP contribution in [0.25, 0.3) is 5.57 Å². The maximum absolute atomic E-state index is 11.8. The summed E-state index contributed by atoms with van der Waals surface area (Å²) in [6.07, 6.45) is 2.35. The number of carbonyl (C=O) groups excluding carboxylic acids is 1. The number of carbonyl (C=O) groups is 1. The summed E-state index contributed by atoms with van der Waals surface area (Å²) in [7, 11) is 0. The molecule has 0 saturated carbocycles. The molecule has 3 nitrogen and oxygen atoms in total. The van der Waals surface area contributed by atoms with Gasteiger partial charge in [-0.3, -0.25) is 0 Å². The van der Waals surface area contributed by atoms with Crippen LogP contribution in [0.2, 0.25) is 5.02 Å². The molecule has 0 N–H and O–H groups in total. The molecule has 0 radical (unpaired) electrons. The molecule has 1 aliphatic rings. The molecule has 2 aromatic rings. The second kappa shape index (κ2) is 6.88. The Hall–Kier alpha value is -2.26. The Morgan fingerprint density at radius 2 is 2.04 bits per heavy atom. The molecule has 2 aromatic carbocycles. The van der Waals surface area contributed by atoms with Crippen LogP contribution in [0.15, 0.2) is 54.6 Å². The molecule has 0 saturated heterocycles. The number of fused-ring (bicyclic) bond motifs is 1. The van der Waals surface area contributed by atoms with Crippen LogP contribution in [-0.2, 0) is 9.53 Å². The monoisotopic (exact) mass is 327 g/mol. The Morgan fingerprint density at radius 3 is 2.78 bits per heavy atom. The molecule has 0 spiro atoms. The molecule has 1 heterocycles. The summed E-state index contributed by atoms with van der Waals surface area (Å²) in [5.41, 5.74) is 4.14. The number of nitrogens with zero attached hydrogens (tertiary/aromatic N) is 1. The average molecular weight is 328 g/mol. The summed E-state index contributed by atoms with van der Waals surface area (Å²) in [6, 6.07) is 16.0. The molecule has 0 amide bonds. The highest BCUT2D eigenvalue weighted by molar-refractivity contribution is 6.31. The third-order valence-corrected chi connectivity index (χ3v) is 4.08. The third-order valence-electron chi connectivity index (χ3n) is 3.85. The van der Waals surface area contributed by atoms with E-state index in [4.69, 9.17) is 16.3 Å². The number of para-hydroxylation sites is 1. The molecular formula is C19H18ClNO2. The van der Waals surface area contributed by atoms with Crippen molar-refractivity contribution in [3.8, 4) is 0 Å². The van der Waals surface area contributed by atoms with E-state index in [0.29, 0.717) is 11.6 Å². The predicted octanol–water partition coefficient (Wildman–Crippen LogP) is 4.83. The zero-order chi connectivity index (χ0) is 16.2. The van der Waals surface area contributed by atoms with E-state index >= 15 is 0 Å². The van der Waals surface area contributed by atoms with Crippen LogP contribution in [0.1, 0.15) is 18.9 Å². The Bertz CT molecular complexity index is 740. The van der Waals surface area contributed by atoms with Gasteiger partial charge in [-0.2, -0.15) is 0 Å². The molecular weight excluding hydrogens is 310 g/mol. The summed E-state index contributed by atoms with van der Waals surface area (Å²) in [6.45, 7) is 2.99. The van der Waals surface area contributed by atoms with Crippen molar-refractivity contribution in [1.82, 2.24) is 0 Å². The van der Waals surface area contributed by atoms with Crippen molar-refractivity contribution >= 4 is 34.5 Å². The van der Waals surface area contributed by atoms with Crippen molar-refractivity contribution in [2.45, 2.75) is 13.3 Å². The van der Waals surface area contributed by atoms with Crippen LogP contribution in [-0.4, -0.2) is 19.1 Å². The lowest BCUT2D eigenvalue weighted by molar-refractivity contribution is -0.137. The number of hydrogen-bond acceptors (Lipinski definition) is 3. The summed E-state index contributed by atoms with van der Waals surface area (Å²) < 4.78 is 5.04. The molecule has 3 rings (SSSR count). The first kappa shape index (κ1) is 15.6. The van der Waals surface area contributed by atoms with Gasteiger partial charge in [-0.1, -0.05) is 29.8 Å². The number of ether oxygens (including phenoxy) is 1. The normalized spacial score (nSPS) is 15.4. The van der Waals surface area contributed by atoms with Crippen molar-refractivity contribution in [2.75, 3.05) is 18.1 Å². The number of esters is 1. The van der Waals surface area contributed by atoms with Gasteiger partial charge < -0.3 is 9.64 Å². The van der Waals surface area contributed by atoms with Crippen LogP contribution < -0.4 is 4.90 Å². The minimum absolute atomic E-state index is 0.304. The fourth-order valence-corrected chi connectivity index (χ4v) is 3.01. The van der Waals surface area contributed by atoms with Gasteiger partial charge in [0.05, 0.1) is 6.61 Å². The minimum Gasteiger partial charge on any atom is -0.463 e. The van der Waals surface area contributed by atoms with Crippen LogP contribution in [0.5, 0.6) is 0 Å². The van der Waals surface area contributed by atoms with Crippen molar-refractivity contribution in [3.05, 3.63) is 65.2 Å². The van der Waals surface area contributed by atoms with Crippen LogP contribution in [0, 0.1) is 0 Å². The third kappa shape index (κ3) is 3.40. The lowest BCUT2D eigenvalue weighted by Gasteiger charge is -2.33. The summed E-state index contributed by atoms with van der Waals surface area (Å²) in [5.74, 6) is -0.304. The van der Waals surface area contributed by atoms with E-state index in [1.807, 2.05) is 36.4 Å². The zero-order valence-electron chi connectivity index (χ0n) is 13.0. The molecule has 0 aromatic heterocycles. The number of halogens is 1. The van der Waals surface area contributed by atoms with Crippen molar-refractivity contribution in [3.63, 3.8) is 0 Å². The SMILES string of the molecule is CCOC(=O)/C=C1\CCN(c2ccccc2)c2ccc(Cl)cc21. The number of anilines is 2. The first-order valence-corrected chi connectivity index (χ1v) is 8.06. The molecule has 1 aliphatic heterocycles. The molecule has 118 valence electrons. The Morgan fingerprint density at radius 1 is 1.26 bits per heavy atom. The standard InChI is InChI=1S/C19H18ClNO2/c1-2-23-19(22)12-14-10-11-21(16-6-4-3-5-7-16)18-9-8-15(20)13-17(14)18/h3-9,12-13H,2,10-11H2,1H3/b14-12+. The fraction of sp³-hybridized carbons (Fsp3) is 0.211. The van der Waals surface area contributed by atoms with Gasteiger partial charge >= 0.3 is 5.97 Å². The molecule has 23 heavy (non-hydrogen) atoms. The zero-order valence-corrected chi connectivity index (χ0v) is 13.7. The molecule has 0 unspecified atom stereocenters. The van der Waals surface area contributed by atoms with E-state index in [0.717, 1.165) is 35.5 Å². The molecule has 0 bridgehead atoms. The summed E-state index contributed by atoms with van der Waals surface area (Å²) in [4.78, 5) is 14.1. The predicted molar refractivity (Wildman–Crippen MR) is 94.1 cm³/mol. The molecule has 4 heteroatoms. The van der Waals surface area contributed by atoms with Crippen LogP contribution in [0.4, 0.5) is 11.4 Å². The highest BCUT2D eigenvalue weighted by atomic mass is 35.5. The van der Waals surface area contributed by atoms with Gasteiger partial charge in [0.15, 0.2) is 0 Å². The van der Waals surface area contributed by atoms with E-state index < -0.39 is 0 Å². The molecule has 0 aliphatic carbocycles. The van der Waals surface area contributed by atoms with Gasteiger partial charge in [0, 0.05) is 34.6 Å². The van der Waals surface area contributed by atoms with E-state index in [1.54, 1.807) is 13.0 Å². The molecule has 0 fully saturated rings. The fourth-order valence-electron chi connectivity index (χ4n) is 2.84. The Kier molecular flexibility index (Phi) is 4.68. The van der Waals surface area contributed by atoms with Gasteiger partial charge in [-0.05, 0) is 49.2 Å². The first-order chi connectivity index (χ1) is 11.2. The quantitative estimate of drug-likeness (QED) is 0.597. The lowest BCUT2D eigenvalue weighted by Crippen LogP contribution is -2.24. The average Bonchev–Trinajstić information content (AvgIpc) is 2.56. The van der Waals surface area contributed by atoms with E-state index in [2.05, 4.69) is 17.0 Å². The van der Waals surface area contributed by atoms with Gasteiger partial charge in [-0.15, -0.1) is 0 Å². The minimum atomic E-state index is -0.304.